The third-order valence-corrected chi connectivity index (χ3v) is 3.74. The van der Waals surface area contributed by atoms with Crippen molar-refractivity contribution in [2.24, 2.45) is 5.73 Å². The summed E-state index contributed by atoms with van der Waals surface area (Å²) in [6, 6.07) is 8.65. The van der Waals surface area contributed by atoms with Gasteiger partial charge in [-0.1, -0.05) is 24.3 Å². The molecule has 1 aliphatic heterocycles. The fraction of sp³-hybridized carbons (Fsp3) is 0.533. The second kappa shape index (κ2) is 6.68. The first-order valence-electron chi connectivity index (χ1n) is 7.02. The lowest BCUT2D eigenvalue weighted by molar-refractivity contribution is -0.122. The molecule has 1 atom stereocenters. The lowest BCUT2D eigenvalue weighted by Gasteiger charge is -2.34. The van der Waals surface area contributed by atoms with Gasteiger partial charge in [-0.05, 0) is 24.5 Å². The molecule has 0 aliphatic carbocycles. The molecule has 104 valence electrons. The summed E-state index contributed by atoms with van der Waals surface area (Å²) in [5.41, 5.74) is 8.63. The van der Waals surface area contributed by atoms with Crippen LogP contribution >= 0.6 is 0 Å². The number of hydrogen-bond donors (Lipinski definition) is 2. The van der Waals surface area contributed by atoms with Crippen molar-refractivity contribution in [1.29, 1.82) is 0 Å². The van der Waals surface area contributed by atoms with E-state index in [0.29, 0.717) is 19.5 Å². The minimum atomic E-state index is 0.0943. The summed E-state index contributed by atoms with van der Waals surface area (Å²) in [7, 11) is 0. The Balaban J connectivity index is 1.99. The maximum Gasteiger partial charge on any atom is 0.221 e. The lowest BCUT2D eigenvalue weighted by Crippen LogP contribution is -2.46. The van der Waals surface area contributed by atoms with Crippen LogP contribution in [0.4, 0.5) is 0 Å². The normalized spacial score (nSPS) is 16.7. The van der Waals surface area contributed by atoms with E-state index in [2.05, 4.69) is 34.5 Å². The van der Waals surface area contributed by atoms with Gasteiger partial charge in [-0.3, -0.25) is 9.69 Å². The van der Waals surface area contributed by atoms with Crippen molar-refractivity contribution >= 4 is 5.91 Å². The molecule has 0 radical (unpaired) electrons. The number of amides is 1. The zero-order valence-electron chi connectivity index (χ0n) is 11.6. The molecule has 1 aromatic rings. The van der Waals surface area contributed by atoms with Crippen molar-refractivity contribution in [2.75, 3.05) is 19.6 Å². The molecule has 4 nitrogen and oxygen atoms in total. The van der Waals surface area contributed by atoms with E-state index >= 15 is 0 Å². The average molecular weight is 261 g/mol. The molecule has 0 saturated heterocycles. The molecule has 0 saturated carbocycles. The number of nitrogens with two attached hydrogens (primary N) is 1. The van der Waals surface area contributed by atoms with E-state index in [9.17, 15) is 4.79 Å². The minimum Gasteiger partial charge on any atom is -0.356 e. The van der Waals surface area contributed by atoms with Crippen LogP contribution < -0.4 is 11.1 Å². The first kappa shape index (κ1) is 14.0. The zero-order valence-corrected chi connectivity index (χ0v) is 11.6. The van der Waals surface area contributed by atoms with Crippen molar-refractivity contribution in [3.8, 4) is 0 Å². The van der Waals surface area contributed by atoms with Crippen LogP contribution in [0.5, 0.6) is 0 Å². The topological polar surface area (TPSA) is 58.4 Å². The summed E-state index contributed by atoms with van der Waals surface area (Å²) in [6.07, 6.45) is 1.54. The third kappa shape index (κ3) is 3.55. The van der Waals surface area contributed by atoms with Crippen molar-refractivity contribution in [1.82, 2.24) is 10.2 Å². The number of carbonyl (C=O) groups is 1. The molecule has 0 bridgehead atoms. The molecule has 1 aromatic carbocycles. The fourth-order valence-electron chi connectivity index (χ4n) is 2.67. The first-order valence-corrected chi connectivity index (χ1v) is 7.02. The Bertz CT molecular complexity index is 433. The van der Waals surface area contributed by atoms with Crippen LogP contribution in [0.25, 0.3) is 0 Å². The highest BCUT2D eigenvalue weighted by Crippen LogP contribution is 2.20. The Hall–Kier alpha value is -1.39. The number of rotatable bonds is 5. The molecule has 0 fully saturated rings. The zero-order chi connectivity index (χ0) is 13.7. The van der Waals surface area contributed by atoms with Crippen LogP contribution in [-0.2, 0) is 17.8 Å². The third-order valence-electron chi connectivity index (χ3n) is 3.74. The largest absolute Gasteiger partial charge is 0.356 e. The Morgan fingerprint density at radius 1 is 1.42 bits per heavy atom. The highest BCUT2D eigenvalue weighted by Gasteiger charge is 2.24. The van der Waals surface area contributed by atoms with Gasteiger partial charge in [0.15, 0.2) is 0 Å². The van der Waals surface area contributed by atoms with Crippen LogP contribution in [-0.4, -0.2) is 36.5 Å². The molecule has 2 rings (SSSR count). The van der Waals surface area contributed by atoms with Crippen LogP contribution in [0.15, 0.2) is 24.3 Å². The van der Waals surface area contributed by atoms with E-state index < -0.39 is 0 Å². The second-order valence-corrected chi connectivity index (χ2v) is 5.04. The van der Waals surface area contributed by atoms with Gasteiger partial charge < -0.3 is 11.1 Å². The van der Waals surface area contributed by atoms with Gasteiger partial charge in [-0.25, -0.2) is 0 Å². The van der Waals surface area contributed by atoms with Gasteiger partial charge in [0.05, 0.1) is 0 Å². The van der Waals surface area contributed by atoms with E-state index in [1.54, 1.807) is 0 Å². The summed E-state index contributed by atoms with van der Waals surface area (Å²) in [4.78, 5) is 14.0. The first-order chi connectivity index (χ1) is 9.24. The van der Waals surface area contributed by atoms with Crippen molar-refractivity contribution in [2.45, 2.75) is 32.4 Å². The van der Waals surface area contributed by atoms with Gasteiger partial charge in [-0.2, -0.15) is 0 Å². The predicted molar refractivity (Wildman–Crippen MR) is 76.7 cm³/mol. The average Bonchev–Trinajstić information content (AvgIpc) is 2.44. The van der Waals surface area contributed by atoms with E-state index in [1.165, 1.54) is 11.1 Å². The highest BCUT2D eigenvalue weighted by atomic mass is 16.1. The van der Waals surface area contributed by atoms with Gasteiger partial charge >= 0.3 is 0 Å². The number of nitrogens with one attached hydrogen (secondary N) is 1. The van der Waals surface area contributed by atoms with Crippen LogP contribution in [0.2, 0.25) is 0 Å². The Morgan fingerprint density at radius 3 is 2.84 bits per heavy atom. The maximum atomic E-state index is 11.7. The monoisotopic (exact) mass is 261 g/mol. The van der Waals surface area contributed by atoms with Gasteiger partial charge in [0.2, 0.25) is 5.91 Å². The second-order valence-electron chi connectivity index (χ2n) is 5.04. The van der Waals surface area contributed by atoms with Crippen LogP contribution in [0, 0.1) is 0 Å². The van der Waals surface area contributed by atoms with Gasteiger partial charge in [0.1, 0.15) is 0 Å². The molecule has 1 amide bonds. The molecule has 0 spiro atoms. The molecule has 1 unspecified atom stereocenters. The Morgan fingerprint density at radius 2 is 2.16 bits per heavy atom. The summed E-state index contributed by atoms with van der Waals surface area (Å²) >= 11 is 0. The van der Waals surface area contributed by atoms with E-state index in [0.717, 1.165) is 19.5 Å². The highest BCUT2D eigenvalue weighted by molar-refractivity contribution is 5.76. The van der Waals surface area contributed by atoms with Crippen molar-refractivity contribution < 1.29 is 4.79 Å². The van der Waals surface area contributed by atoms with E-state index in [4.69, 9.17) is 5.73 Å². The molecule has 1 aliphatic rings. The van der Waals surface area contributed by atoms with Crippen LogP contribution in [0.3, 0.4) is 0 Å². The smallest absolute Gasteiger partial charge is 0.221 e. The number of benzene rings is 1. The molecule has 3 N–H and O–H groups in total. The SMILES string of the molecule is CCNC(=O)CC(CN)N1CCc2ccccc2C1. The summed E-state index contributed by atoms with van der Waals surface area (Å²) in [5.74, 6) is 0.0943. The van der Waals surface area contributed by atoms with Gasteiger partial charge in [0, 0.05) is 38.6 Å². The van der Waals surface area contributed by atoms with Crippen molar-refractivity contribution in [3.63, 3.8) is 0 Å². The molecular formula is C15H23N3O. The molecule has 19 heavy (non-hydrogen) atoms. The van der Waals surface area contributed by atoms with Crippen LogP contribution in [0.1, 0.15) is 24.5 Å². The standard InChI is InChI=1S/C15H23N3O/c1-2-17-15(19)9-14(10-16)18-8-7-12-5-3-4-6-13(12)11-18/h3-6,14H,2,7-11,16H2,1H3,(H,17,19). The lowest BCUT2D eigenvalue weighted by atomic mass is 9.98. The Kier molecular flexibility index (Phi) is 4.93. The molecule has 1 heterocycles. The molecular weight excluding hydrogens is 238 g/mol. The van der Waals surface area contributed by atoms with Gasteiger partial charge in [-0.15, -0.1) is 0 Å². The minimum absolute atomic E-state index is 0.0943. The molecule has 4 heteroatoms. The van der Waals surface area contributed by atoms with Gasteiger partial charge in [0.25, 0.3) is 0 Å². The van der Waals surface area contributed by atoms with E-state index in [-0.39, 0.29) is 11.9 Å². The number of fused-ring (bicyclic) bond motifs is 1. The predicted octanol–water partition coefficient (Wildman–Crippen LogP) is 0.898. The van der Waals surface area contributed by atoms with E-state index in [1.807, 2.05) is 6.92 Å². The summed E-state index contributed by atoms with van der Waals surface area (Å²) in [5, 5.41) is 2.85. The quantitative estimate of drug-likeness (QED) is 0.828. The Labute approximate surface area is 115 Å². The van der Waals surface area contributed by atoms with Crippen molar-refractivity contribution in [3.05, 3.63) is 35.4 Å². The summed E-state index contributed by atoms with van der Waals surface area (Å²) < 4.78 is 0. The number of nitrogens with zero attached hydrogens (tertiary/aromatic N) is 1. The number of hydrogen-bond acceptors (Lipinski definition) is 3. The summed E-state index contributed by atoms with van der Waals surface area (Å²) in [6.45, 7) is 5.03. The molecule has 0 aromatic heterocycles. The fourth-order valence-corrected chi connectivity index (χ4v) is 2.67. The maximum absolute atomic E-state index is 11.7. The number of carbonyl (C=O) groups excluding carboxylic acids is 1.